The Labute approximate surface area is 206 Å². The molecule has 0 N–H and O–H groups in total. The lowest BCUT2D eigenvalue weighted by atomic mass is 9.87. The van der Waals surface area contributed by atoms with Crippen LogP contribution in [0.25, 0.3) is 10.2 Å². The summed E-state index contributed by atoms with van der Waals surface area (Å²) in [5.74, 6) is -1.54. The zero-order valence-corrected chi connectivity index (χ0v) is 20.0. The normalized spacial score (nSPS) is 19.7. The zero-order valence-electron chi connectivity index (χ0n) is 19.2. The number of piperidine rings is 2. The van der Waals surface area contributed by atoms with Gasteiger partial charge in [-0.2, -0.15) is 5.01 Å². The number of rotatable bonds is 4. The molecule has 6 rings (SSSR count). The lowest BCUT2D eigenvalue weighted by Gasteiger charge is -2.32. The first-order valence-corrected chi connectivity index (χ1v) is 12.9. The highest BCUT2D eigenvalue weighted by molar-refractivity contribution is 7.16. The second-order valence-electron chi connectivity index (χ2n) is 9.55. The Morgan fingerprint density at radius 2 is 1.80 bits per heavy atom. The third kappa shape index (κ3) is 4.02. The van der Waals surface area contributed by atoms with Crippen molar-refractivity contribution in [1.29, 1.82) is 0 Å². The maximum absolute atomic E-state index is 15.2. The Kier molecular flexibility index (Phi) is 5.61. The predicted molar refractivity (Wildman–Crippen MR) is 129 cm³/mol. The van der Waals surface area contributed by atoms with E-state index >= 15 is 4.39 Å². The monoisotopic (exact) mass is 492 g/mol. The van der Waals surface area contributed by atoms with E-state index in [0.29, 0.717) is 17.5 Å². The van der Waals surface area contributed by atoms with E-state index in [1.807, 2.05) is 5.51 Å². The van der Waals surface area contributed by atoms with E-state index in [4.69, 9.17) is 0 Å². The first kappa shape index (κ1) is 22.3. The number of benzene rings is 2. The van der Waals surface area contributed by atoms with E-state index < -0.39 is 5.91 Å². The Hall–Kier alpha value is -3.17. The lowest BCUT2D eigenvalue weighted by molar-refractivity contribution is -0.163. The Balaban J connectivity index is 1.15. The third-order valence-electron chi connectivity index (χ3n) is 7.33. The van der Waals surface area contributed by atoms with E-state index in [2.05, 4.69) is 28.1 Å². The van der Waals surface area contributed by atoms with E-state index in [9.17, 15) is 14.4 Å². The van der Waals surface area contributed by atoms with Crippen molar-refractivity contribution >= 4 is 39.3 Å². The molecule has 3 aliphatic rings. The molecule has 7 nitrogen and oxygen atoms in total. The molecule has 0 radical (unpaired) electrons. The van der Waals surface area contributed by atoms with Gasteiger partial charge in [0.05, 0.1) is 22.3 Å². The minimum absolute atomic E-state index is 0.0722. The molecule has 0 bridgehead atoms. The molecular formula is C26H25FN4O3S. The first-order valence-electron chi connectivity index (χ1n) is 12.0. The van der Waals surface area contributed by atoms with Crippen molar-refractivity contribution in [2.24, 2.45) is 0 Å². The number of aromatic nitrogens is 1. The van der Waals surface area contributed by atoms with Gasteiger partial charge in [-0.3, -0.25) is 19.3 Å². The topological polar surface area (TPSA) is 73.8 Å². The van der Waals surface area contributed by atoms with Crippen molar-refractivity contribution in [2.45, 2.75) is 51.1 Å². The van der Waals surface area contributed by atoms with Crippen LogP contribution in [0.15, 0.2) is 35.8 Å². The molecule has 35 heavy (non-hydrogen) atoms. The van der Waals surface area contributed by atoms with Crippen LogP contribution in [-0.2, 0) is 22.7 Å². The summed E-state index contributed by atoms with van der Waals surface area (Å²) >= 11 is 1.64. The quantitative estimate of drug-likeness (QED) is 0.510. The molecule has 2 fully saturated rings. The van der Waals surface area contributed by atoms with E-state index in [1.165, 1.54) is 21.3 Å². The fourth-order valence-electron chi connectivity index (χ4n) is 5.48. The molecule has 0 saturated carbocycles. The molecule has 0 unspecified atom stereocenters. The number of amides is 3. The molecule has 3 amide bonds. The van der Waals surface area contributed by atoms with Gasteiger partial charge in [0, 0.05) is 24.9 Å². The largest absolute Gasteiger partial charge is 0.299 e. The number of fused-ring (bicyclic) bond motifs is 2. The van der Waals surface area contributed by atoms with Crippen LogP contribution >= 0.6 is 11.3 Å². The van der Waals surface area contributed by atoms with Crippen LogP contribution < -0.4 is 0 Å². The SMILES string of the molecule is O=C1c2cc(F)c(C3CCN(Cc4ccc5ncsc5c4)CC3)cc2CN1N1C(=O)CCCC1=O. The van der Waals surface area contributed by atoms with Crippen LogP contribution in [0.4, 0.5) is 4.39 Å². The summed E-state index contributed by atoms with van der Waals surface area (Å²) in [6, 6.07) is 9.44. The smallest absolute Gasteiger partial charge is 0.273 e. The van der Waals surface area contributed by atoms with E-state index in [1.54, 1.807) is 17.4 Å². The maximum Gasteiger partial charge on any atom is 0.273 e. The van der Waals surface area contributed by atoms with Crippen LogP contribution in [0.1, 0.15) is 65.1 Å². The summed E-state index contributed by atoms with van der Waals surface area (Å²) in [7, 11) is 0. The molecule has 180 valence electrons. The van der Waals surface area contributed by atoms with E-state index in [0.717, 1.165) is 43.0 Å². The van der Waals surface area contributed by atoms with Crippen molar-refractivity contribution in [3.05, 3.63) is 63.9 Å². The number of likely N-dealkylation sites (tertiary alicyclic amines) is 1. The lowest BCUT2D eigenvalue weighted by Crippen LogP contribution is -2.51. The fourth-order valence-corrected chi connectivity index (χ4v) is 6.22. The molecule has 3 aliphatic heterocycles. The molecule has 4 heterocycles. The highest BCUT2D eigenvalue weighted by atomic mass is 32.1. The Morgan fingerprint density at radius 3 is 2.57 bits per heavy atom. The summed E-state index contributed by atoms with van der Waals surface area (Å²) in [6.45, 7) is 2.71. The average molecular weight is 493 g/mol. The minimum Gasteiger partial charge on any atom is -0.299 e. The van der Waals surface area contributed by atoms with Gasteiger partial charge < -0.3 is 0 Å². The molecule has 0 atom stereocenters. The summed E-state index contributed by atoms with van der Waals surface area (Å²) < 4.78 is 16.3. The minimum atomic E-state index is -0.484. The second-order valence-corrected chi connectivity index (χ2v) is 10.4. The molecular weight excluding hydrogens is 467 g/mol. The highest BCUT2D eigenvalue weighted by Gasteiger charge is 2.40. The van der Waals surface area contributed by atoms with Gasteiger partial charge in [0.2, 0.25) is 11.8 Å². The van der Waals surface area contributed by atoms with Gasteiger partial charge in [0.15, 0.2) is 0 Å². The van der Waals surface area contributed by atoms with E-state index in [-0.39, 0.29) is 48.5 Å². The number of halogens is 1. The summed E-state index contributed by atoms with van der Waals surface area (Å²) in [5, 5.41) is 2.14. The van der Waals surface area contributed by atoms with Gasteiger partial charge in [-0.15, -0.1) is 11.3 Å². The van der Waals surface area contributed by atoms with Crippen LogP contribution in [0, 0.1) is 5.82 Å². The van der Waals surface area contributed by atoms with Crippen LogP contribution in [0.2, 0.25) is 0 Å². The summed E-state index contributed by atoms with van der Waals surface area (Å²) in [4.78, 5) is 44.3. The van der Waals surface area contributed by atoms with Crippen LogP contribution in [-0.4, -0.2) is 50.7 Å². The van der Waals surface area contributed by atoms with Gasteiger partial charge in [-0.1, -0.05) is 6.07 Å². The molecule has 9 heteroatoms. The van der Waals surface area contributed by atoms with Gasteiger partial charge in [0.1, 0.15) is 5.82 Å². The first-order chi connectivity index (χ1) is 17.0. The molecule has 3 aromatic rings. The number of imide groups is 1. The predicted octanol–water partition coefficient (Wildman–Crippen LogP) is 4.22. The number of carbonyl (C=O) groups excluding carboxylic acids is 3. The Morgan fingerprint density at radius 1 is 1.03 bits per heavy atom. The fraction of sp³-hybridized carbons (Fsp3) is 0.385. The molecule has 2 saturated heterocycles. The van der Waals surface area contributed by atoms with Crippen molar-refractivity contribution in [1.82, 2.24) is 19.9 Å². The Bertz CT molecular complexity index is 1330. The second kappa shape index (κ2) is 8.80. The van der Waals surface area contributed by atoms with Crippen LogP contribution in [0.5, 0.6) is 0 Å². The third-order valence-corrected chi connectivity index (χ3v) is 8.12. The number of carbonyl (C=O) groups is 3. The summed E-state index contributed by atoms with van der Waals surface area (Å²) in [6.07, 6.45) is 2.64. The van der Waals surface area contributed by atoms with Gasteiger partial charge >= 0.3 is 0 Å². The van der Waals surface area contributed by atoms with Gasteiger partial charge in [0.25, 0.3) is 5.91 Å². The number of hydrogen-bond donors (Lipinski definition) is 0. The van der Waals surface area contributed by atoms with Gasteiger partial charge in [-0.25, -0.2) is 14.4 Å². The van der Waals surface area contributed by atoms with Crippen molar-refractivity contribution in [2.75, 3.05) is 13.1 Å². The number of thiazole rings is 1. The number of hydrogen-bond acceptors (Lipinski definition) is 6. The standard InChI is InChI=1S/C26H25FN4O3S/c27-21-12-20-18(14-30(26(20)34)31-24(32)2-1-3-25(31)33)11-19(21)17-6-8-29(9-7-17)13-16-4-5-22-23(10-16)35-15-28-22/h4-5,10-12,15,17H,1-3,6-9,13-14H2. The van der Waals surface area contributed by atoms with Crippen molar-refractivity contribution in [3.8, 4) is 0 Å². The summed E-state index contributed by atoms with van der Waals surface area (Å²) in [5.41, 5.74) is 5.69. The molecule has 1 aromatic heterocycles. The zero-order chi connectivity index (χ0) is 24.1. The molecule has 2 aromatic carbocycles. The average Bonchev–Trinajstić information content (AvgIpc) is 3.43. The molecule has 0 spiro atoms. The van der Waals surface area contributed by atoms with Crippen molar-refractivity contribution < 1.29 is 18.8 Å². The number of nitrogens with zero attached hydrogens (tertiary/aromatic N) is 4. The number of hydrazine groups is 1. The van der Waals surface area contributed by atoms with Gasteiger partial charge in [-0.05, 0) is 79.2 Å². The maximum atomic E-state index is 15.2. The van der Waals surface area contributed by atoms with Crippen molar-refractivity contribution in [3.63, 3.8) is 0 Å². The molecule has 0 aliphatic carbocycles. The van der Waals surface area contributed by atoms with Crippen LogP contribution in [0.3, 0.4) is 0 Å². The highest BCUT2D eigenvalue weighted by Crippen LogP contribution is 2.35.